The van der Waals surface area contributed by atoms with Crippen LogP contribution in [0.3, 0.4) is 0 Å². The van der Waals surface area contributed by atoms with Crippen molar-refractivity contribution in [2.45, 2.75) is 43.9 Å². The predicted octanol–water partition coefficient (Wildman–Crippen LogP) is 3.90. The van der Waals surface area contributed by atoms with E-state index < -0.39 is 35.8 Å². The Labute approximate surface area is 234 Å². The Morgan fingerprint density at radius 1 is 1.18 bits per heavy atom. The largest absolute Gasteiger partial charge is 0.444 e. The molecule has 3 aromatic rings. The van der Waals surface area contributed by atoms with Gasteiger partial charge < -0.3 is 24.1 Å². The first-order chi connectivity index (χ1) is 18.8. The molecule has 1 N–H and O–H groups in total. The molecule has 204 valence electrons. The lowest BCUT2D eigenvalue weighted by atomic mass is 10.1. The average Bonchev–Trinajstić information content (AvgIpc) is 3.68. The summed E-state index contributed by atoms with van der Waals surface area (Å²) >= 11 is 12.6. The molecule has 2 aromatic carbocycles. The molecule has 10 nitrogen and oxygen atoms in total. The molecule has 0 saturated carbocycles. The Morgan fingerprint density at radius 2 is 2.00 bits per heavy atom. The number of ether oxygens (including phenoxy) is 3. The molecule has 0 spiro atoms. The van der Waals surface area contributed by atoms with Crippen molar-refractivity contribution in [3.63, 3.8) is 0 Å². The zero-order valence-electron chi connectivity index (χ0n) is 20.8. The fourth-order valence-corrected chi connectivity index (χ4v) is 5.23. The normalized spacial score (nSPS) is 22.7. The molecule has 3 heterocycles. The Balaban J connectivity index is 1.22. The molecular formula is C27H26Cl2N4O6. The van der Waals surface area contributed by atoms with Crippen molar-refractivity contribution < 1.29 is 28.6 Å². The topological polar surface area (TPSA) is 112 Å². The highest BCUT2D eigenvalue weighted by molar-refractivity contribution is 6.35. The van der Waals surface area contributed by atoms with E-state index in [1.807, 2.05) is 18.2 Å². The van der Waals surface area contributed by atoms with Crippen molar-refractivity contribution in [3.8, 4) is 0 Å². The summed E-state index contributed by atoms with van der Waals surface area (Å²) in [5, 5.41) is 3.65. The van der Waals surface area contributed by atoms with Gasteiger partial charge in [0.1, 0.15) is 18.8 Å². The molecule has 0 aliphatic carbocycles. The quantitative estimate of drug-likeness (QED) is 0.435. The second-order valence-corrected chi connectivity index (χ2v) is 10.1. The average molecular weight is 573 g/mol. The Bertz CT molecular complexity index is 1340. The van der Waals surface area contributed by atoms with E-state index in [0.29, 0.717) is 15.6 Å². The number of benzene rings is 2. The first-order valence-electron chi connectivity index (χ1n) is 12.4. The van der Waals surface area contributed by atoms with Crippen LogP contribution in [0.5, 0.6) is 0 Å². The zero-order chi connectivity index (χ0) is 27.4. The molecule has 5 rings (SSSR count). The van der Waals surface area contributed by atoms with Crippen LogP contribution in [0, 0.1) is 0 Å². The van der Waals surface area contributed by atoms with Gasteiger partial charge >= 0.3 is 6.09 Å². The molecule has 0 radical (unpaired) electrons. The minimum Gasteiger partial charge on any atom is -0.444 e. The van der Waals surface area contributed by atoms with Crippen molar-refractivity contribution in [2.24, 2.45) is 0 Å². The highest BCUT2D eigenvalue weighted by Gasteiger charge is 2.46. The second-order valence-electron chi connectivity index (χ2n) is 9.27. The first kappa shape index (κ1) is 27.1. The summed E-state index contributed by atoms with van der Waals surface area (Å²) in [5.41, 5.74) is 1.36. The summed E-state index contributed by atoms with van der Waals surface area (Å²) in [6.07, 6.45) is 3.95. The number of hydrogen-bond acceptors (Lipinski definition) is 7. The van der Waals surface area contributed by atoms with Gasteiger partial charge in [0.15, 0.2) is 0 Å². The van der Waals surface area contributed by atoms with Crippen LogP contribution in [0.25, 0.3) is 0 Å². The summed E-state index contributed by atoms with van der Waals surface area (Å²) in [7, 11) is 0. The zero-order valence-corrected chi connectivity index (χ0v) is 22.3. The number of likely N-dealkylation sites (tertiary alicyclic amines) is 1. The Hall–Kier alpha value is -3.44. The van der Waals surface area contributed by atoms with E-state index in [4.69, 9.17) is 37.4 Å². The number of nitrogens with zero attached hydrogens (tertiary/aromatic N) is 3. The number of hydrogen-bond donors (Lipinski definition) is 1. The van der Waals surface area contributed by atoms with Gasteiger partial charge in [0.25, 0.3) is 0 Å². The summed E-state index contributed by atoms with van der Waals surface area (Å²) in [6, 6.07) is 13.2. The van der Waals surface area contributed by atoms with Crippen molar-refractivity contribution in [2.75, 3.05) is 13.2 Å². The lowest BCUT2D eigenvalue weighted by Crippen LogP contribution is -2.49. The van der Waals surface area contributed by atoms with Crippen molar-refractivity contribution in [1.29, 1.82) is 0 Å². The fourth-order valence-electron chi connectivity index (χ4n) is 4.68. The third-order valence-electron chi connectivity index (χ3n) is 6.57. The summed E-state index contributed by atoms with van der Waals surface area (Å²) in [5.74, 6) is -2.17. The van der Waals surface area contributed by atoms with Gasteiger partial charge in [-0.3, -0.25) is 9.59 Å². The molecule has 2 saturated heterocycles. The Kier molecular flexibility index (Phi) is 8.18. The molecule has 1 unspecified atom stereocenters. The summed E-state index contributed by atoms with van der Waals surface area (Å²) in [6.45, 7) is 0.516. The molecule has 3 atom stereocenters. The van der Waals surface area contributed by atoms with Crippen LogP contribution in [0.4, 0.5) is 4.79 Å². The number of rotatable bonds is 8. The molecule has 39 heavy (non-hydrogen) atoms. The van der Waals surface area contributed by atoms with E-state index in [1.165, 1.54) is 0 Å². The first-order valence-corrected chi connectivity index (χ1v) is 13.1. The molecule has 0 bridgehead atoms. The number of carbonyl (C=O) groups excluding carboxylic acids is 3. The van der Waals surface area contributed by atoms with E-state index in [2.05, 4.69) is 10.3 Å². The molecule has 2 aliphatic heterocycles. The van der Waals surface area contributed by atoms with Crippen LogP contribution in [-0.2, 0) is 42.7 Å². The van der Waals surface area contributed by atoms with Crippen LogP contribution in [0.15, 0.2) is 67.3 Å². The van der Waals surface area contributed by atoms with Gasteiger partial charge in [0.05, 0.1) is 24.5 Å². The number of amides is 3. The smallest absolute Gasteiger partial charge is 0.417 e. The van der Waals surface area contributed by atoms with Crippen molar-refractivity contribution in [1.82, 2.24) is 19.8 Å². The number of nitrogens with one attached hydrogen (secondary N) is 1. The number of imidazole rings is 1. The Morgan fingerprint density at radius 3 is 2.74 bits per heavy atom. The van der Waals surface area contributed by atoms with Gasteiger partial charge in [-0.05, 0) is 24.1 Å². The lowest BCUT2D eigenvalue weighted by molar-refractivity contribution is -0.186. The highest BCUT2D eigenvalue weighted by atomic mass is 35.5. The van der Waals surface area contributed by atoms with E-state index in [-0.39, 0.29) is 39.1 Å². The minimum absolute atomic E-state index is 0.00268. The van der Waals surface area contributed by atoms with Crippen LogP contribution in [0.2, 0.25) is 10.0 Å². The van der Waals surface area contributed by atoms with Crippen LogP contribution >= 0.6 is 23.2 Å². The van der Waals surface area contributed by atoms with E-state index in [1.54, 1.807) is 53.6 Å². The maximum absolute atomic E-state index is 13.1. The van der Waals surface area contributed by atoms with Gasteiger partial charge in [-0.2, -0.15) is 0 Å². The van der Waals surface area contributed by atoms with Gasteiger partial charge in [-0.15, -0.1) is 0 Å². The summed E-state index contributed by atoms with van der Waals surface area (Å²) < 4.78 is 19.6. The van der Waals surface area contributed by atoms with E-state index >= 15 is 0 Å². The van der Waals surface area contributed by atoms with Crippen molar-refractivity contribution in [3.05, 3.63) is 88.4 Å². The third kappa shape index (κ3) is 6.09. The molecule has 1 aromatic heterocycles. The maximum atomic E-state index is 13.1. The third-order valence-corrected chi connectivity index (χ3v) is 7.12. The SMILES string of the molecule is O=C(NC[C@H]1CO[C@](Cn2ccnc2)(c2ccc(Cl)cc2Cl)O1)C1CCC(=O)N1C(=O)OCc1ccccc1. The lowest BCUT2D eigenvalue weighted by Gasteiger charge is -2.30. The van der Waals surface area contributed by atoms with Gasteiger partial charge in [0.2, 0.25) is 17.6 Å². The van der Waals surface area contributed by atoms with E-state index in [9.17, 15) is 14.4 Å². The monoisotopic (exact) mass is 572 g/mol. The highest BCUT2D eigenvalue weighted by Crippen LogP contribution is 2.40. The second kappa shape index (κ2) is 11.7. The van der Waals surface area contributed by atoms with Crippen LogP contribution in [0.1, 0.15) is 24.0 Å². The minimum atomic E-state index is -1.24. The van der Waals surface area contributed by atoms with E-state index in [0.717, 1.165) is 10.5 Å². The number of carbonyl (C=O) groups is 3. The molecule has 3 amide bonds. The van der Waals surface area contributed by atoms with Crippen LogP contribution in [-0.4, -0.2) is 57.7 Å². The fraction of sp³-hybridized carbons (Fsp3) is 0.333. The molecule has 2 aliphatic rings. The maximum Gasteiger partial charge on any atom is 0.417 e. The predicted molar refractivity (Wildman–Crippen MR) is 141 cm³/mol. The number of imide groups is 1. The van der Waals surface area contributed by atoms with Crippen LogP contribution < -0.4 is 5.32 Å². The molecule has 12 heteroatoms. The number of aromatic nitrogens is 2. The molecular weight excluding hydrogens is 547 g/mol. The summed E-state index contributed by atoms with van der Waals surface area (Å²) in [4.78, 5) is 43.1. The molecule has 2 fully saturated rings. The van der Waals surface area contributed by atoms with Gasteiger partial charge in [0, 0.05) is 35.9 Å². The van der Waals surface area contributed by atoms with Crippen molar-refractivity contribution >= 4 is 41.1 Å². The number of halogens is 2. The van der Waals surface area contributed by atoms with Gasteiger partial charge in [-0.25, -0.2) is 14.7 Å². The van der Waals surface area contributed by atoms with Gasteiger partial charge in [-0.1, -0.05) is 59.6 Å². The standard InChI is InChI=1S/C27H26Cl2N4O6/c28-19-6-7-21(22(29)12-19)27(16-32-11-10-30-17-32)38-15-20(39-27)13-31-25(35)23-8-9-24(34)33(23)26(36)37-14-18-4-2-1-3-5-18/h1-7,10-12,17,20,23H,8-9,13-16H2,(H,31,35)/t20-,23?,27-/m0/s1.